The Balaban J connectivity index is 1.53. The SMILES string of the molecule is COC[C@H]1OC(=O)/C(=C/N2CCc3ccccc3C2)C2=C(O)C(=O)C3=C([C@H](OC(C)=O)C[C@@]4(C)C3CC[C@@H]4O)[C@]21C. The van der Waals surface area contributed by atoms with Crippen LogP contribution in [-0.4, -0.2) is 71.4 Å². The zero-order chi connectivity index (χ0) is 29.3. The highest BCUT2D eigenvalue weighted by atomic mass is 16.6. The van der Waals surface area contributed by atoms with E-state index in [1.165, 1.54) is 19.6 Å². The number of ketones is 1. The second-order valence-electron chi connectivity index (χ2n) is 12.4. The van der Waals surface area contributed by atoms with Crippen molar-refractivity contribution in [2.24, 2.45) is 16.7 Å². The normalized spacial score (nSPS) is 35.5. The molecule has 1 saturated carbocycles. The summed E-state index contributed by atoms with van der Waals surface area (Å²) in [7, 11) is 1.50. The molecule has 6 atom stereocenters. The van der Waals surface area contributed by atoms with E-state index >= 15 is 0 Å². The Bertz CT molecular complexity index is 1420. The summed E-state index contributed by atoms with van der Waals surface area (Å²) in [6, 6.07) is 8.13. The molecule has 41 heavy (non-hydrogen) atoms. The quantitative estimate of drug-likeness (QED) is 0.420. The lowest BCUT2D eigenvalue weighted by Crippen LogP contribution is -2.57. The Morgan fingerprint density at radius 2 is 1.93 bits per heavy atom. The minimum atomic E-state index is -1.22. The van der Waals surface area contributed by atoms with E-state index in [4.69, 9.17) is 14.2 Å². The first kappa shape index (κ1) is 27.7. The van der Waals surface area contributed by atoms with Gasteiger partial charge < -0.3 is 29.3 Å². The fourth-order valence-electron chi connectivity index (χ4n) is 8.08. The van der Waals surface area contributed by atoms with E-state index < -0.39 is 52.6 Å². The number of carbonyl (C=O) groups is 3. The summed E-state index contributed by atoms with van der Waals surface area (Å²) in [4.78, 5) is 42.1. The number of hydrogen-bond acceptors (Lipinski definition) is 9. The molecule has 0 bridgehead atoms. The second-order valence-corrected chi connectivity index (χ2v) is 12.4. The van der Waals surface area contributed by atoms with E-state index in [9.17, 15) is 24.6 Å². The summed E-state index contributed by atoms with van der Waals surface area (Å²) in [5.41, 5.74) is 1.63. The van der Waals surface area contributed by atoms with Gasteiger partial charge in [0.05, 0.1) is 23.7 Å². The molecular formula is C32H37NO8. The Morgan fingerprint density at radius 3 is 2.63 bits per heavy atom. The number of aliphatic hydroxyl groups excluding tert-OH is 2. The Morgan fingerprint density at radius 1 is 1.20 bits per heavy atom. The number of carbonyl (C=O) groups excluding carboxylic acids is 3. The number of Topliss-reactive ketones (excluding diaryl/α,β-unsaturated/α-hetero) is 1. The summed E-state index contributed by atoms with van der Waals surface area (Å²) in [5, 5.41) is 22.7. The van der Waals surface area contributed by atoms with Crippen LogP contribution >= 0.6 is 0 Å². The number of rotatable bonds is 4. The van der Waals surface area contributed by atoms with Crippen molar-refractivity contribution >= 4 is 17.7 Å². The van der Waals surface area contributed by atoms with E-state index in [0.29, 0.717) is 43.5 Å². The van der Waals surface area contributed by atoms with Crippen molar-refractivity contribution in [1.29, 1.82) is 0 Å². The van der Waals surface area contributed by atoms with Gasteiger partial charge in [-0.1, -0.05) is 31.2 Å². The first-order valence-electron chi connectivity index (χ1n) is 14.3. The predicted octanol–water partition coefficient (Wildman–Crippen LogP) is 3.31. The Labute approximate surface area is 239 Å². The Hall–Kier alpha value is -3.43. The van der Waals surface area contributed by atoms with Gasteiger partial charge in [0.15, 0.2) is 5.76 Å². The van der Waals surface area contributed by atoms with Gasteiger partial charge in [-0.15, -0.1) is 0 Å². The van der Waals surface area contributed by atoms with Crippen LogP contribution in [0.25, 0.3) is 0 Å². The minimum Gasteiger partial charge on any atom is -0.504 e. The van der Waals surface area contributed by atoms with Crippen LogP contribution in [0, 0.1) is 16.7 Å². The smallest absolute Gasteiger partial charge is 0.340 e. The third-order valence-electron chi connectivity index (χ3n) is 10.1. The maximum atomic E-state index is 14.1. The molecule has 2 heterocycles. The number of hydrogen-bond donors (Lipinski definition) is 2. The number of esters is 2. The van der Waals surface area contributed by atoms with E-state index in [1.807, 2.05) is 30.9 Å². The van der Waals surface area contributed by atoms with Crippen LogP contribution in [-0.2, 0) is 41.6 Å². The number of cyclic esters (lactones) is 1. The number of aliphatic hydroxyl groups is 2. The van der Waals surface area contributed by atoms with Crippen molar-refractivity contribution in [2.45, 2.75) is 71.3 Å². The molecular weight excluding hydrogens is 526 g/mol. The molecule has 1 unspecified atom stereocenters. The van der Waals surface area contributed by atoms with Crippen molar-refractivity contribution in [2.75, 3.05) is 20.3 Å². The van der Waals surface area contributed by atoms with E-state index in [0.717, 1.165) is 12.0 Å². The number of benzene rings is 1. The van der Waals surface area contributed by atoms with Crippen molar-refractivity contribution in [3.63, 3.8) is 0 Å². The van der Waals surface area contributed by atoms with Gasteiger partial charge in [-0.3, -0.25) is 9.59 Å². The fraction of sp³-hybridized carbons (Fsp3) is 0.531. The third-order valence-corrected chi connectivity index (χ3v) is 10.1. The lowest BCUT2D eigenvalue weighted by Gasteiger charge is -2.54. The topological polar surface area (TPSA) is 123 Å². The number of ether oxygens (including phenoxy) is 3. The predicted molar refractivity (Wildman–Crippen MR) is 147 cm³/mol. The Kier molecular flexibility index (Phi) is 6.65. The molecule has 2 fully saturated rings. The molecule has 1 aromatic carbocycles. The molecule has 5 aliphatic rings. The first-order chi connectivity index (χ1) is 19.5. The molecule has 6 rings (SSSR count). The number of fused-ring (bicyclic) bond motifs is 5. The molecule has 0 radical (unpaired) electrons. The maximum absolute atomic E-state index is 14.1. The van der Waals surface area contributed by atoms with Gasteiger partial charge >= 0.3 is 11.9 Å². The van der Waals surface area contributed by atoms with Crippen LogP contribution in [0.15, 0.2) is 58.5 Å². The van der Waals surface area contributed by atoms with Crippen molar-refractivity contribution < 1.29 is 38.8 Å². The summed E-state index contributed by atoms with van der Waals surface area (Å²) >= 11 is 0. The fourth-order valence-corrected chi connectivity index (χ4v) is 8.08. The van der Waals surface area contributed by atoms with E-state index in [2.05, 4.69) is 12.1 Å². The number of nitrogens with zero attached hydrogens (tertiary/aromatic N) is 1. The summed E-state index contributed by atoms with van der Waals surface area (Å²) in [6.45, 7) is 6.28. The standard InChI is InChI=1S/C32H37NO8/c1-17(34)40-22-13-31(2)21(9-10-23(31)35)25-27(22)32(3)24(16-39-4)41-30(38)20(26(32)29(37)28(25)36)15-33-12-11-18-7-5-6-8-19(18)14-33/h5-8,15,21-24,35,37H,9-14,16H2,1-4H3/b20-15+/t21?,22-,23+,24-,31+,32+/m1/s1. The van der Waals surface area contributed by atoms with Crippen LogP contribution in [0.4, 0.5) is 0 Å². The van der Waals surface area contributed by atoms with Crippen LogP contribution in [0.3, 0.4) is 0 Å². The zero-order valence-electron chi connectivity index (χ0n) is 23.9. The van der Waals surface area contributed by atoms with Crippen molar-refractivity contribution in [1.82, 2.24) is 4.90 Å². The molecule has 1 saturated heterocycles. The number of methoxy groups -OCH3 is 1. The van der Waals surface area contributed by atoms with Crippen LogP contribution in [0.2, 0.25) is 0 Å². The lowest BCUT2D eigenvalue weighted by atomic mass is 9.53. The molecule has 0 amide bonds. The highest BCUT2D eigenvalue weighted by Gasteiger charge is 2.64. The average molecular weight is 564 g/mol. The average Bonchev–Trinajstić information content (AvgIpc) is 3.22. The van der Waals surface area contributed by atoms with Gasteiger partial charge in [-0.2, -0.15) is 0 Å². The van der Waals surface area contributed by atoms with Crippen LogP contribution in [0.1, 0.15) is 51.2 Å². The highest BCUT2D eigenvalue weighted by molar-refractivity contribution is 6.13. The van der Waals surface area contributed by atoms with Gasteiger partial charge in [0.1, 0.15) is 12.2 Å². The van der Waals surface area contributed by atoms with Crippen molar-refractivity contribution in [3.05, 3.63) is 69.6 Å². The molecule has 218 valence electrons. The molecule has 1 aromatic rings. The largest absolute Gasteiger partial charge is 0.504 e. The molecule has 3 aliphatic carbocycles. The second kappa shape index (κ2) is 9.84. The summed E-state index contributed by atoms with van der Waals surface area (Å²) in [5.74, 6) is -2.61. The van der Waals surface area contributed by atoms with Gasteiger partial charge in [-0.25, -0.2) is 4.79 Å². The van der Waals surface area contributed by atoms with Crippen LogP contribution in [0.5, 0.6) is 0 Å². The van der Waals surface area contributed by atoms with Crippen molar-refractivity contribution in [3.8, 4) is 0 Å². The third kappa shape index (κ3) is 4.07. The van der Waals surface area contributed by atoms with Gasteiger partial charge in [-0.05, 0) is 55.2 Å². The molecule has 2 aliphatic heterocycles. The molecule has 2 N–H and O–H groups in total. The molecule has 0 spiro atoms. The monoisotopic (exact) mass is 563 g/mol. The molecule has 9 heteroatoms. The molecule has 0 aromatic heterocycles. The van der Waals surface area contributed by atoms with E-state index in [1.54, 1.807) is 6.20 Å². The minimum absolute atomic E-state index is 0.00567. The van der Waals surface area contributed by atoms with Crippen LogP contribution < -0.4 is 0 Å². The lowest BCUT2D eigenvalue weighted by molar-refractivity contribution is -0.161. The maximum Gasteiger partial charge on any atom is 0.340 e. The summed E-state index contributed by atoms with van der Waals surface area (Å²) in [6.07, 6.45) is 1.40. The molecule has 9 nitrogen and oxygen atoms in total. The van der Waals surface area contributed by atoms with E-state index in [-0.39, 0.29) is 23.7 Å². The first-order valence-corrected chi connectivity index (χ1v) is 14.3. The van der Waals surface area contributed by atoms with Gasteiger partial charge in [0, 0.05) is 49.9 Å². The zero-order valence-corrected chi connectivity index (χ0v) is 23.9. The van der Waals surface area contributed by atoms with Gasteiger partial charge in [0.25, 0.3) is 0 Å². The van der Waals surface area contributed by atoms with Gasteiger partial charge in [0.2, 0.25) is 5.78 Å². The number of allylic oxidation sites excluding steroid dienone is 1. The highest BCUT2D eigenvalue weighted by Crippen LogP contribution is 2.63. The summed E-state index contributed by atoms with van der Waals surface area (Å²) < 4.78 is 17.4.